The lowest BCUT2D eigenvalue weighted by Crippen LogP contribution is -2.57. The molecule has 1 atom stereocenters. The van der Waals surface area contributed by atoms with Crippen LogP contribution in [0.4, 0.5) is 0 Å². The molecule has 1 saturated heterocycles. The van der Waals surface area contributed by atoms with E-state index in [0.29, 0.717) is 23.2 Å². The van der Waals surface area contributed by atoms with Gasteiger partial charge >= 0.3 is 0 Å². The number of benzene rings is 1. The van der Waals surface area contributed by atoms with E-state index in [2.05, 4.69) is 23.5 Å². The molecule has 1 amide bonds. The maximum Gasteiger partial charge on any atom is 0.260 e. The molecular formula is C24H30N2O2S. The maximum atomic E-state index is 14.2. The summed E-state index contributed by atoms with van der Waals surface area (Å²) in [5.41, 5.74) is 3.23. The lowest BCUT2D eigenvalue weighted by Gasteiger charge is -2.47. The topological polar surface area (TPSA) is 41.6 Å². The zero-order chi connectivity index (χ0) is 19.8. The van der Waals surface area contributed by atoms with Gasteiger partial charge in [0.1, 0.15) is 0 Å². The number of ether oxygens (including phenoxy) is 1. The van der Waals surface area contributed by atoms with Crippen LogP contribution in [-0.4, -0.2) is 35.2 Å². The molecule has 3 saturated carbocycles. The average molecular weight is 411 g/mol. The number of amides is 1. The Kier molecular flexibility index (Phi) is 3.96. The van der Waals surface area contributed by atoms with Gasteiger partial charge in [-0.25, -0.2) is 0 Å². The second-order valence-electron chi connectivity index (χ2n) is 10.0. The zero-order valence-corrected chi connectivity index (χ0v) is 18.0. The molecule has 5 heteroatoms. The smallest absolute Gasteiger partial charge is 0.260 e. The number of hydrogen-bond donors (Lipinski definition) is 1. The molecule has 1 N–H and O–H groups in total. The van der Waals surface area contributed by atoms with Crippen molar-refractivity contribution in [2.45, 2.75) is 87.8 Å². The normalized spacial score (nSPS) is 36.6. The molecule has 6 rings (SSSR count). The Morgan fingerprint density at radius 1 is 1.14 bits per heavy atom. The average Bonchev–Trinajstić information content (AvgIpc) is 3.46. The lowest BCUT2D eigenvalue weighted by atomic mass is 9.61. The van der Waals surface area contributed by atoms with Gasteiger partial charge in [0.05, 0.1) is 6.10 Å². The molecule has 1 heterocycles. The molecule has 5 aliphatic rings. The zero-order valence-electron chi connectivity index (χ0n) is 17.2. The second-order valence-corrected chi connectivity index (χ2v) is 10.4. The van der Waals surface area contributed by atoms with Gasteiger partial charge in [-0.2, -0.15) is 0 Å². The molecule has 2 spiro atoms. The van der Waals surface area contributed by atoms with Crippen molar-refractivity contribution in [2.75, 3.05) is 7.11 Å². The highest BCUT2D eigenvalue weighted by Gasteiger charge is 2.68. The van der Waals surface area contributed by atoms with Crippen LogP contribution in [0, 0.1) is 5.41 Å². The largest absolute Gasteiger partial charge is 0.381 e. The van der Waals surface area contributed by atoms with E-state index in [9.17, 15) is 4.79 Å². The van der Waals surface area contributed by atoms with Crippen LogP contribution in [0.2, 0.25) is 0 Å². The predicted octanol–water partition coefficient (Wildman–Crippen LogP) is 4.16. The SMILES string of the molecule is COC1CCC2(CC1)Cc1ccc(C3CC3)cc1C21NC(=S)N(C2CCC2)C1=O. The minimum Gasteiger partial charge on any atom is -0.381 e. The highest BCUT2D eigenvalue weighted by Crippen LogP contribution is 2.61. The summed E-state index contributed by atoms with van der Waals surface area (Å²) < 4.78 is 5.67. The Morgan fingerprint density at radius 3 is 2.52 bits per heavy atom. The van der Waals surface area contributed by atoms with Gasteiger partial charge in [0.15, 0.2) is 10.7 Å². The molecule has 1 aromatic carbocycles. The van der Waals surface area contributed by atoms with Crippen LogP contribution < -0.4 is 5.32 Å². The molecule has 1 unspecified atom stereocenters. The van der Waals surface area contributed by atoms with Crippen LogP contribution >= 0.6 is 12.2 Å². The molecule has 0 aromatic heterocycles. The Morgan fingerprint density at radius 2 is 1.90 bits per heavy atom. The number of nitrogens with one attached hydrogen (secondary N) is 1. The van der Waals surface area contributed by atoms with Crippen LogP contribution in [0.5, 0.6) is 0 Å². The van der Waals surface area contributed by atoms with Crippen molar-refractivity contribution >= 4 is 23.2 Å². The van der Waals surface area contributed by atoms with Crippen LogP contribution in [0.1, 0.15) is 80.4 Å². The third kappa shape index (κ3) is 2.40. The Hall–Kier alpha value is -1.46. The summed E-state index contributed by atoms with van der Waals surface area (Å²) in [5, 5.41) is 4.35. The van der Waals surface area contributed by atoms with Crippen LogP contribution in [0.25, 0.3) is 0 Å². The lowest BCUT2D eigenvalue weighted by molar-refractivity contribution is -0.141. The van der Waals surface area contributed by atoms with E-state index in [1.165, 1.54) is 36.0 Å². The first-order valence-corrected chi connectivity index (χ1v) is 11.8. The van der Waals surface area contributed by atoms with Crippen molar-refractivity contribution in [3.63, 3.8) is 0 Å². The van der Waals surface area contributed by atoms with Gasteiger partial charge in [-0.1, -0.05) is 18.2 Å². The van der Waals surface area contributed by atoms with Crippen molar-refractivity contribution in [1.29, 1.82) is 0 Å². The van der Waals surface area contributed by atoms with E-state index in [1.54, 1.807) is 0 Å². The van der Waals surface area contributed by atoms with Crippen molar-refractivity contribution in [2.24, 2.45) is 5.41 Å². The number of fused-ring (bicyclic) bond motifs is 3. The fourth-order valence-electron chi connectivity index (χ4n) is 6.55. The highest BCUT2D eigenvalue weighted by atomic mass is 32.1. The Balaban J connectivity index is 1.48. The second kappa shape index (κ2) is 6.27. The van der Waals surface area contributed by atoms with Gasteiger partial charge in [0.2, 0.25) is 0 Å². The van der Waals surface area contributed by atoms with E-state index >= 15 is 0 Å². The van der Waals surface area contributed by atoms with Crippen molar-refractivity contribution in [3.05, 3.63) is 34.9 Å². The fourth-order valence-corrected chi connectivity index (χ4v) is 6.93. The molecule has 4 nitrogen and oxygen atoms in total. The number of nitrogens with zero attached hydrogens (tertiary/aromatic N) is 1. The molecule has 29 heavy (non-hydrogen) atoms. The van der Waals surface area contributed by atoms with Crippen LogP contribution in [-0.2, 0) is 21.5 Å². The summed E-state index contributed by atoms with van der Waals surface area (Å²) in [7, 11) is 1.82. The van der Waals surface area contributed by atoms with E-state index < -0.39 is 5.54 Å². The van der Waals surface area contributed by atoms with Crippen LogP contribution in [0.15, 0.2) is 18.2 Å². The van der Waals surface area contributed by atoms with Crippen LogP contribution in [0.3, 0.4) is 0 Å². The number of thiocarbonyl (C=S) groups is 1. The molecule has 4 aliphatic carbocycles. The first-order chi connectivity index (χ1) is 14.1. The van der Waals surface area contributed by atoms with Crippen molar-refractivity contribution in [3.8, 4) is 0 Å². The van der Waals surface area contributed by atoms with Gasteiger partial charge in [0.25, 0.3) is 5.91 Å². The van der Waals surface area contributed by atoms with Gasteiger partial charge in [-0.3, -0.25) is 9.69 Å². The summed E-state index contributed by atoms with van der Waals surface area (Å²) in [5.74, 6) is 0.916. The fraction of sp³-hybridized carbons (Fsp3) is 0.667. The summed E-state index contributed by atoms with van der Waals surface area (Å²) in [4.78, 5) is 16.2. The van der Waals surface area contributed by atoms with E-state index in [0.717, 1.165) is 44.9 Å². The van der Waals surface area contributed by atoms with Gasteiger partial charge in [0, 0.05) is 18.6 Å². The molecule has 1 aliphatic heterocycles. The summed E-state index contributed by atoms with van der Waals surface area (Å²) in [6.07, 6.45) is 11.3. The number of carbonyl (C=O) groups is 1. The standard InChI is InChI=1S/C24H30N2O2S/c1-28-19-9-11-23(12-10-19)14-17-8-7-16(15-5-6-15)13-20(17)24(23)21(27)26(22(29)25-24)18-3-2-4-18/h7-8,13,15,18-19H,2-6,9-12,14H2,1H3,(H,25,29). The number of methoxy groups -OCH3 is 1. The minimum absolute atomic E-state index is 0.0911. The Bertz CT molecular complexity index is 883. The van der Waals surface area contributed by atoms with Gasteiger partial charge in [-0.05, 0) is 99.0 Å². The molecule has 1 aromatic rings. The third-order valence-corrected chi connectivity index (χ3v) is 8.93. The molecule has 0 bridgehead atoms. The minimum atomic E-state index is -0.668. The van der Waals surface area contributed by atoms with Crippen molar-refractivity contribution in [1.82, 2.24) is 10.2 Å². The van der Waals surface area contributed by atoms with E-state index in [1.807, 2.05) is 12.0 Å². The van der Waals surface area contributed by atoms with Gasteiger partial charge < -0.3 is 10.1 Å². The van der Waals surface area contributed by atoms with E-state index in [-0.39, 0.29) is 11.3 Å². The summed E-state index contributed by atoms with van der Waals surface area (Å²) >= 11 is 5.80. The number of rotatable bonds is 3. The van der Waals surface area contributed by atoms with Gasteiger partial charge in [-0.15, -0.1) is 0 Å². The molecule has 154 valence electrons. The predicted molar refractivity (Wildman–Crippen MR) is 116 cm³/mol. The molecular weight excluding hydrogens is 380 g/mol. The summed E-state index contributed by atoms with van der Waals surface area (Å²) in [6.45, 7) is 0. The van der Waals surface area contributed by atoms with Crippen molar-refractivity contribution < 1.29 is 9.53 Å². The Labute approximate surface area is 178 Å². The quantitative estimate of drug-likeness (QED) is 0.760. The number of hydrogen-bond acceptors (Lipinski definition) is 3. The molecule has 0 radical (unpaired) electrons. The maximum absolute atomic E-state index is 14.2. The number of carbonyl (C=O) groups excluding carboxylic acids is 1. The highest BCUT2D eigenvalue weighted by molar-refractivity contribution is 7.80. The van der Waals surface area contributed by atoms with E-state index in [4.69, 9.17) is 17.0 Å². The summed E-state index contributed by atoms with van der Waals surface area (Å²) in [6, 6.07) is 7.28. The third-order valence-electron chi connectivity index (χ3n) is 8.63. The first-order valence-electron chi connectivity index (χ1n) is 11.4. The first kappa shape index (κ1) is 18.3. The molecule has 4 fully saturated rings. The monoisotopic (exact) mass is 410 g/mol.